The van der Waals surface area contributed by atoms with Gasteiger partial charge in [-0.2, -0.15) is 0 Å². The summed E-state index contributed by atoms with van der Waals surface area (Å²) in [5.41, 5.74) is 9.05. The van der Waals surface area contributed by atoms with E-state index in [0.29, 0.717) is 0 Å². The molecule has 0 spiro atoms. The van der Waals surface area contributed by atoms with Gasteiger partial charge in [-0.3, -0.25) is 0 Å². The van der Waals surface area contributed by atoms with Crippen molar-refractivity contribution in [2.75, 3.05) is 6.61 Å². The first-order chi connectivity index (χ1) is 10.1. The van der Waals surface area contributed by atoms with E-state index in [-0.39, 0.29) is 0 Å². The Hall–Kier alpha value is -1.28. The second kappa shape index (κ2) is 7.13. The molecule has 2 rings (SSSR count). The predicted molar refractivity (Wildman–Crippen MR) is 77.7 cm³/mol. The zero-order valence-electron chi connectivity index (χ0n) is 11.4. The van der Waals surface area contributed by atoms with Crippen LogP contribution in [0.25, 0.3) is 10.4 Å². The summed E-state index contributed by atoms with van der Waals surface area (Å²) in [6.45, 7) is 1.54. The second-order valence-corrected chi connectivity index (χ2v) is 6.00. The molecular weight excluding hydrogens is 294 g/mol. The van der Waals surface area contributed by atoms with E-state index in [1.165, 1.54) is 11.8 Å². The van der Waals surface area contributed by atoms with Crippen LogP contribution >= 0.6 is 11.8 Å². The van der Waals surface area contributed by atoms with Crippen LogP contribution in [0.15, 0.2) is 34.3 Å². The lowest BCUT2D eigenvalue weighted by Gasteiger charge is -2.40. The van der Waals surface area contributed by atoms with Gasteiger partial charge in [-0.05, 0) is 24.6 Å². The lowest BCUT2D eigenvalue weighted by molar-refractivity contribution is -0.165. The van der Waals surface area contributed by atoms with Crippen molar-refractivity contribution in [3.8, 4) is 0 Å². The smallest absolute Gasteiger partial charge is 0.119 e. The van der Waals surface area contributed by atoms with E-state index in [4.69, 9.17) is 10.3 Å². The number of benzene rings is 1. The highest BCUT2D eigenvalue weighted by atomic mass is 32.2. The first-order valence-corrected chi connectivity index (χ1v) is 7.34. The van der Waals surface area contributed by atoms with E-state index in [0.717, 1.165) is 10.5 Å². The third-order valence-corrected chi connectivity index (χ3v) is 4.47. The van der Waals surface area contributed by atoms with Gasteiger partial charge in [0.15, 0.2) is 0 Å². The van der Waals surface area contributed by atoms with Crippen LogP contribution in [0.4, 0.5) is 0 Å². The molecule has 0 aromatic heterocycles. The maximum absolute atomic E-state index is 10.0. The summed E-state index contributed by atoms with van der Waals surface area (Å²) >= 11 is 1.28. The van der Waals surface area contributed by atoms with Crippen molar-refractivity contribution in [2.45, 2.75) is 41.6 Å². The summed E-state index contributed by atoms with van der Waals surface area (Å²) in [7, 11) is 0. The number of aliphatic hydroxyl groups is 3. The van der Waals surface area contributed by atoms with E-state index in [1.54, 1.807) is 0 Å². The molecule has 0 radical (unpaired) electrons. The molecule has 1 fully saturated rings. The summed E-state index contributed by atoms with van der Waals surface area (Å²) in [5, 5.41) is 32.6. The molecule has 0 bridgehead atoms. The third-order valence-electron chi connectivity index (χ3n) is 3.31. The number of azide groups is 1. The quantitative estimate of drug-likeness (QED) is 0.438. The van der Waals surface area contributed by atoms with Gasteiger partial charge < -0.3 is 20.1 Å². The highest BCUT2D eigenvalue weighted by Crippen LogP contribution is 2.35. The van der Waals surface area contributed by atoms with Crippen LogP contribution in [0.2, 0.25) is 0 Å². The van der Waals surface area contributed by atoms with E-state index < -0.39 is 36.4 Å². The number of ether oxygens (including phenoxy) is 1. The van der Waals surface area contributed by atoms with Crippen molar-refractivity contribution in [2.24, 2.45) is 5.11 Å². The molecule has 1 heterocycles. The van der Waals surface area contributed by atoms with Crippen LogP contribution in [0.3, 0.4) is 0 Å². The Morgan fingerprint density at radius 1 is 1.29 bits per heavy atom. The van der Waals surface area contributed by atoms with Crippen LogP contribution in [0, 0.1) is 6.92 Å². The highest BCUT2D eigenvalue weighted by Gasteiger charge is 2.44. The van der Waals surface area contributed by atoms with Crippen LogP contribution in [-0.2, 0) is 4.74 Å². The molecule has 0 aliphatic carbocycles. The molecule has 1 aromatic rings. The maximum Gasteiger partial charge on any atom is 0.119 e. The standard InChI is InChI=1S/C13H17N3O4S/c1-7-2-4-8(5-3-7)21-13-10(15-16-14)12(19)11(18)9(6-17)20-13/h2-5,9-13,17-19H,6H2,1H3/t9-,10-,11+,12-,13?/m1/s1. The number of aryl methyl sites for hydroxylation is 1. The van der Waals surface area contributed by atoms with Gasteiger partial charge in [-0.1, -0.05) is 34.6 Å². The van der Waals surface area contributed by atoms with Crippen molar-refractivity contribution >= 4 is 11.8 Å². The molecule has 0 amide bonds. The number of thioether (sulfide) groups is 1. The zero-order chi connectivity index (χ0) is 15.4. The van der Waals surface area contributed by atoms with Crippen molar-refractivity contribution < 1.29 is 20.1 Å². The molecule has 3 N–H and O–H groups in total. The molecule has 1 aromatic carbocycles. The molecule has 1 unspecified atom stereocenters. The van der Waals surface area contributed by atoms with Crippen LogP contribution in [0.1, 0.15) is 5.56 Å². The fourth-order valence-electron chi connectivity index (χ4n) is 2.10. The molecule has 114 valence electrons. The fraction of sp³-hybridized carbons (Fsp3) is 0.538. The number of hydrogen-bond donors (Lipinski definition) is 3. The van der Waals surface area contributed by atoms with Crippen LogP contribution < -0.4 is 0 Å². The molecule has 0 saturated carbocycles. The first kappa shape index (κ1) is 16.1. The second-order valence-electron chi connectivity index (χ2n) is 4.83. The average Bonchev–Trinajstić information content (AvgIpc) is 2.49. The topological polar surface area (TPSA) is 119 Å². The minimum Gasteiger partial charge on any atom is -0.394 e. The van der Waals surface area contributed by atoms with E-state index in [2.05, 4.69) is 10.0 Å². The Morgan fingerprint density at radius 3 is 2.52 bits per heavy atom. The van der Waals surface area contributed by atoms with E-state index in [9.17, 15) is 15.3 Å². The SMILES string of the molecule is Cc1ccc(SC2O[C@H](CO)[C@H](O)[C@H](O)[C@H]2N=[N+]=[N-])cc1. The van der Waals surface area contributed by atoms with Gasteiger partial charge in [0.2, 0.25) is 0 Å². The molecule has 7 nitrogen and oxygen atoms in total. The molecule has 1 aliphatic rings. The Balaban J connectivity index is 2.20. The molecule has 21 heavy (non-hydrogen) atoms. The van der Waals surface area contributed by atoms with Crippen LogP contribution in [-0.4, -0.2) is 51.7 Å². The summed E-state index contributed by atoms with van der Waals surface area (Å²) < 4.78 is 5.56. The normalized spacial score (nSPS) is 32.5. The van der Waals surface area contributed by atoms with Gasteiger partial charge in [0, 0.05) is 9.81 Å². The number of aliphatic hydroxyl groups excluding tert-OH is 3. The molecule has 1 saturated heterocycles. The monoisotopic (exact) mass is 311 g/mol. The van der Waals surface area contributed by atoms with Crippen molar-refractivity contribution in [1.82, 2.24) is 0 Å². The average molecular weight is 311 g/mol. The van der Waals surface area contributed by atoms with Gasteiger partial charge in [-0.15, -0.1) is 0 Å². The first-order valence-electron chi connectivity index (χ1n) is 6.47. The van der Waals surface area contributed by atoms with Gasteiger partial charge in [0.05, 0.1) is 12.7 Å². The van der Waals surface area contributed by atoms with Gasteiger partial charge in [0.1, 0.15) is 23.7 Å². The Kier molecular flexibility index (Phi) is 5.46. The molecule has 5 atom stereocenters. The third kappa shape index (κ3) is 3.68. The molecule has 1 aliphatic heterocycles. The fourth-order valence-corrected chi connectivity index (χ4v) is 3.21. The van der Waals surface area contributed by atoms with Crippen molar-refractivity contribution in [3.63, 3.8) is 0 Å². The van der Waals surface area contributed by atoms with Gasteiger partial charge >= 0.3 is 0 Å². The zero-order valence-corrected chi connectivity index (χ0v) is 12.2. The minimum absolute atomic E-state index is 0.424. The predicted octanol–water partition coefficient (Wildman–Crippen LogP) is 1.21. The lowest BCUT2D eigenvalue weighted by Crippen LogP contribution is -2.56. The minimum atomic E-state index is -1.29. The maximum atomic E-state index is 10.0. The Labute approximate surface area is 126 Å². The largest absolute Gasteiger partial charge is 0.394 e. The number of hydrogen-bond acceptors (Lipinski definition) is 6. The highest BCUT2D eigenvalue weighted by molar-refractivity contribution is 7.99. The molecular formula is C13H17N3O4S. The van der Waals surface area contributed by atoms with Crippen molar-refractivity contribution in [3.05, 3.63) is 40.3 Å². The summed E-state index contributed by atoms with van der Waals surface area (Å²) in [5.74, 6) is 0. The Morgan fingerprint density at radius 2 is 1.95 bits per heavy atom. The van der Waals surface area contributed by atoms with Gasteiger partial charge in [0.25, 0.3) is 0 Å². The Bertz CT molecular complexity index is 521. The summed E-state index contributed by atoms with van der Waals surface area (Å²) in [6, 6.07) is 6.72. The number of nitrogens with zero attached hydrogens (tertiary/aromatic N) is 3. The number of rotatable bonds is 4. The van der Waals surface area contributed by atoms with E-state index >= 15 is 0 Å². The lowest BCUT2D eigenvalue weighted by atomic mass is 9.99. The summed E-state index contributed by atoms with van der Waals surface area (Å²) in [4.78, 5) is 3.58. The molecule has 8 heteroatoms. The van der Waals surface area contributed by atoms with Crippen molar-refractivity contribution in [1.29, 1.82) is 0 Å². The van der Waals surface area contributed by atoms with Gasteiger partial charge in [-0.25, -0.2) is 0 Å². The van der Waals surface area contributed by atoms with Crippen LogP contribution in [0.5, 0.6) is 0 Å². The summed E-state index contributed by atoms with van der Waals surface area (Å²) in [6.07, 6.45) is -3.48. The van der Waals surface area contributed by atoms with E-state index in [1.807, 2.05) is 31.2 Å².